The molecule has 130 valence electrons. The molecule has 3 heteroatoms. The molecule has 0 unspecified atom stereocenters. The molecule has 0 fully saturated rings. The maximum Gasteiger partial charge on any atom is 0.343 e. The van der Waals surface area contributed by atoms with Gasteiger partial charge in [0, 0.05) is 0 Å². The van der Waals surface area contributed by atoms with Gasteiger partial charge in [-0.1, -0.05) is 72.8 Å². The minimum absolute atomic E-state index is 0.265. The van der Waals surface area contributed by atoms with E-state index in [2.05, 4.69) is 0 Å². The SMILES string of the molecule is O=Cc1c(OC(=O)c2ccc(-c3ccccc3)cc2)ccc2ccccc12. The van der Waals surface area contributed by atoms with Crippen LogP contribution in [0.5, 0.6) is 5.75 Å². The number of ether oxygens (including phenoxy) is 1. The first-order chi connectivity index (χ1) is 13.3. The minimum Gasteiger partial charge on any atom is -0.422 e. The Labute approximate surface area is 156 Å². The molecule has 0 atom stereocenters. The number of carbonyl (C=O) groups is 2. The summed E-state index contributed by atoms with van der Waals surface area (Å²) < 4.78 is 5.51. The highest BCUT2D eigenvalue weighted by molar-refractivity contribution is 6.02. The van der Waals surface area contributed by atoms with Crippen LogP contribution in [0.4, 0.5) is 0 Å². The van der Waals surface area contributed by atoms with Crippen molar-refractivity contribution in [1.29, 1.82) is 0 Å². The van der Waals surface area contributed by atoms with Gasteiger partial charge in [0.2, 0.25) is 0 Å². The molecule has 4 aromatic rings. The molecule has 0 radical (unpaired) electrons. The molecule has 0 amide bonds. The highest BCUT2D eigenvalue weighted by Crippen LogP contribution is 2.27. The van der Waals surface area contributed by atoms with Crippen LogP contribution in [0.15, 0.2) is 91.0 Å². The summed E-state index contributed by atoms with van der Waals surface area (Å²) in [7, 11) is 0. The summed E-state index contributed by atoms with van der Waals surface area (Å²) >= 11 is 0. The second-order valence-electron chi connectivity index (χ2n) is 6.15. The zero-order valence-corrected chi connectivity index (χ0v) is 14.5. The topological polar surface area (TPSA) is 43.4 Å². The third-order valence-corrected chi connectivity index (χ3v) is 4.48. The van der Waals surface area contributed by atoms with Crippen molar-refractivity contribution >= 4 is 23.0 Å². The van der Waals surface area contributed by atoms with Crippen LogP contribution in [0, 0.1) is 0 Å². The third kappa shape index (κ3) is 3.35. The number of benzene rings is 4. The summed E-state index contributed by atoms with van der Waals surface area (Å²) in [6, 6.07) is 28.1. The number of fused-ring (bicyclic) bond motifs is 1. The van der Waals surface area contributed by atoms with Crippen molar-refractivity contribution < 1.29 is 14.3 Å². The Morgan fingerprint density at radius 3 is 2.11 bits per heavy atom. The van der Waals surface area contributed by atoms with Gasteiger partial charge in [-0.2, -0.15) is 0 Å². The van der Waals surface area contributed by atoms with Gasteiger partial charge in [-0.15, -0.1) is 0 Å². The van der Waals surface area contributed by atoms with E-state index in [9.17, 15) is 9.59 Å². The van der Waals surface area contributed by atoms with Gasteiger partial charge in [-0.3, -0.25) is 4.79 Å². The fourth-order valence-electron chi connectivity index (χ4n) is 3.07. The van der Waals surface area contributed by atoms with Gasteiger partial charge in [0.05, 0.1) is 11.1 Å². The van der Waals surface area contributed by atoms with Crippen LogP contribution >= 0.6 is 0 Å². The van der Waals surface area contributed by atoms with Crippen molar-refractivity contribution in [1.82, 2.24) is 0 Å². The molecule has 4 aromatic carbocycles. The predicted octanol–water partition coefficient (Wildman–Crippen LogP) is 5.54. The standard InChI is InChI=1S/C24H16O3/c25-16-22-21-9-5-4-8-19(21)14-15-23(22)27-24(26)20-12-10-18(11-13-20)17-6-2-1-3-7-17/h1-16H. The molecule has 0 aliphatic rings. The molecule has 0 aromatic heterocycles. The van der Waals surface area contributed by atoms with Gasteiger partial charge < -0.3 is 4.74 Å². The highest BCUT2D eigenvalue weighted by Gasteiger charge is 2.14. The third-order valence-electron chi connectivity index (χ3n) is 4.48. The first-order valence-electron chi connectivity index (χ1n) is 8.61. The Kier molecular flexibility index (Phi) is 4.50. The zero-order chi connectivity index (χ0) is 18.6. The second kappa shape index (κ2) is 7.26. The molecular formula is C24H16O3. The normalized spacial score (nSPS) is 10.5. The lowest BCUT2D eigenvalue weighted by molar-refractivity contribution is 0.0734. The Morgan fingerprint density at radius 2 is 1.37 bits per heavy atom. The quantitative estimate of drug-likeness (QED) is 0.275. The summed E-state index contributed by atoms with van der Waals surface area (Å²) in [4.78, 5) is 24.1. The fourth-order valence-corrected chi connectivity index (χ4v) is 3.07. The summed E-state index contributed by atoms with van der Waals surface area (Å²) in [5.74, 6) is -0.228. The van der Waals surface area contributed by atoms with Crippen molar-refractivity contribution in [3.05, 3.63) is 102 Å². The molecule has 27 heavy (non-hydrogen) atoms. The monoisotopic (exact) mass is 352 g/mol. The molecule has 0 saturated heterocycles. The van der Waals surface area contributed by atoms with Crippen LogP contribution in [-0.2, 0) is 0 Å². The fraction of sp³-hybridized carbons (Fsp3) is 0. The molecule has 0 spiro atoms. The van der Waals surface area contributed by atoms with E-state index >= 15 is 0 Å². The van der Waals surface area contributed by atoms with E-state index in [1.807, 2.05) is 72.8 Å². The Bertz CT molecular complexity index is 1110. The van der Waals surface area contributed by atoms with E-state index in [1.54, 1.807) is 18.2 Å². The van der Waals surface area contributed by atoms with Crippen molar-refractivity contribution in [2.45, 2.75) is 0 Å². The molecule has 0 aliphatic carbocycles. The van der Waals surface area contributed by atoms with Crippen molar-refractivity contribution in [2.24, 2.45) is 0 Å². The van der Waals surface area contributed by atoms with Crippen LogP contribution in [0.25, 0.3) is 21.9 Å². The molecule has 4 rings (SSSR count). The number of hydrogen-bond acceptors (Lipinski definition) is 3. The smallest absolute Gasteiger partial charge is 0.343 e. The Morgan fingerprint density at radius 1 is 0.704 bits per heavy atom. The maximum absolute atomic E-state index is 12.5. The number of esters is 1. The van der Waals surface area contributed by atoms with Crippen molar-refractivity contribution in [2.75, 3.05) is 0 Å². The van der Waals surface area contributed by atoms with Crippen LogP contribution in [0.1, 0.15) is 20.7 Å². The Hall–Kier alpha value is -3.72. The van der Waals surface area contributed by atoms with Crippen molar-refractivity contribution in [3.8, 4) is 16.9 Å². The van der Waals surface area contributed by atoms with Crippen LogP contribution in [0.3, 0.4) is 0 Å². The minimum atomic E-state index is -0.493. The molecule has 3 nitrogen and oxygen atoms in total. The van der Waals surface area contributed by atoms with E-state index in [4.69, 9.17) is 4.74 Å². The van der Waals surface area contributed by atoms with Crippen molar-refractivity contribution in [3.63, 3.8) is 0 Å². The summed E-state index contributed by atoms with van der Waals surface area (Å²) in [5.41, 5.74) is 2.91. The largest absolute Gasteiger partial charge is 0.422 e. The van der Waals surface area contributed by atoms with E-state index in [1.165, 1.54) is 0 Å². The number of hydrogen-bond donors (Lipinski definition) is 0. The van der Waals surface area contributed by atoms with E-state index in [0.717, 1.165) is 28.2 Å². The summed E-state index contributed by atoms with van der Waals surface area (Å²) in [6.45, 7) is 0. The summed E-state index contributed by atoms with van der Waals surface area (Å²) in [6.07, 6.45) is 0.726. The lowest BCUT2D eigenvalue weighted by Crippen LogP contribution is -2.09. The molecular weight excluding hydrogens is 336 g/mol. The van der Waals surface area contributed by atoms with E-state index < -0.39 is 5.97 Å². The molecule has 0 N–H and O–H groups in total. The highest BCUT2D eigenvalue weighted by atomic mass is 16.5. The van der Waals surface area contributed by atoms with Crippen LogP contribution in [-0.4, -0.2) is 12.3 Å². The van der Waals surface area contributed by atoms with Gasteiger partial charge in [0.15, 0.2) is 6.29 Å². The number of rotatable bonds is 4. The zero-order valence-electron chi connectivity index (χ0n) is 14.5. The van der Waals surface area contributed by atoms with Gasteiger partial charge in [-0.05, 0) is 40.1 Å². The lowest BCUT2D eigenvalue weighted by atomic mass is 10.0. The first-order valence-corrected chi connectivity index (χ1v) is 8.61. The van der Waals surface area contributed by atoms with Crippen LogP contribution < -0.4 is 4.74 Å². The average molecular weight is 352 g/mol. The maximum atomic E-state index is 12.5. The first kappa shape index (κ1) is 16.7. The van der Waals surface area contributed by atoms with Gasteiger partial charge in [0.25, 0.3) is 0 Å². The molecule has 0 heterocycles. The van der Waals surface area contributed by atoms with Gasteiger partial charge in [-0.25, -0.2) is 4.79 Å². The number of carbonyl (C=O) groups excluding carboxylic acids is 2. The second-order valence-corrected chi connectivity index (χ2v) is 6.15. The number of aldehydes is 1. The lowest BCUT2D eigenvalue weighted by Gasteiger charge is -2.10. The molecule has 0 bridgehead atoms. The van der Waals surface area contributed by atoms with Gasteiger partial charge in [0.1, 0.15) is 5.75 Å². The van der Waals surface area contributed by atoms with E-state index in [-0.39, 0.29) is 5.75 Å². The van der Waals surface area contributed by atoms with E-state index in [0.29, 0.717) is 11.1 Å². The molecule has 0 aliphatic heterocycles. The summed E-state index contributed by atoms with van der Waals surface area (Å²) in [5, 5.41) is 1.68. The van der Waals surface area contributed by atoms with Crippen LogP contribution in [0.2, 0.25) is 0 Å². The average Bonchev–Trinajstić information content (AvgIpc) is 2.74. The predicted molar refractivity (Wildman–Crippen MR) is 106 cm³/mol. The van der Waals surface area contributed by atoms with Gasteiger partial charge >= 0.3 is 5.97 Å². The molecule has 0 saturated carbocycles. The Balaban J connectivity index is 1.61.